The number of amides is 1. The first-order valence-electron chi connectivity index (χ1n) is 11.4. The molecule has 1 atom stereocenters. The molecule has 0 aliphatic carbocycles. The Hall–Kier alpha value is -2.90. The molecule has 3 rings (SSSR count). The van der Waals surface area contributed by atoms with Gasteiger partial charge >= 0.3 is 0 Å². The van der Waals surface area contributed by atoms with E-state index >= 15 is 0 Å². The van der Waals surface area contributed by atoms with Crippen LogP contribution in [0.5, 0.6) is 5.75 Å². The molecule has 2 aromatic rings. The van der Waals surface area contributed by atoms with Crippen molar-refractivity contribution in [2.24, 2.45) is 0 Å². The molecule has 1 heterocycles. The first kappa shape index (κ1) is 25.7. The number of halogens is 1. The summed E-state index contributed by atoms with van der Waals surface area (Å²) in [5, 5.41) is 11.3. The molecular weight excluding hydrogens is 496 g/mol. The number of benzene rings is 2. The third kappa shape index (κ3) is 5.42. The Morgan fingerprint density at radius 3 is 2.44 bits per heavy atom. The summed E-state index contributed by atoms with van der Waals surface area (Å²) in [6, 6.07) is 12.0. The summed E-state index contributed by atoms with van der Waals surface area (Å²) < 4.78 is 6.52. The van der Waals surface area contributed by atoms with Gasteiger partial charge in [-0.05, 0) is 61.5 Å². The zero-order valence-corrected chi connectivity index (χ0v) is 21.5. The highest BCUT2D eigenvalue weighted by atomic mass is 79.9. The number of aliphatic hydroxyl groups is 1. The third-order valence-electron chi connectivity index (χ3n) is 6.08. The Kier molecular flexibility index (Phi) is 8.69. The first-order valence-corrected chi connectivity index (χ1v) is 12.2. The van der Waals surface area contributed by atoms with E-state index in [1.54, 1.807) is 29.2 Å². The maximum atomic E-state index is 13.2. The van der Waals surface area contributed by atoms with Crippen LogP contribution in [0.1, 0.15) is 36.6 Å². The predicted molar refractivity (Wildman–Crippen MR) is 138 cm³/mol. The van der Waals surface area contributed by atoms with Crippen molar-refractivity contribution in [2.45, 2.75) is 26.8 Å². The standard InChI is InChI=1S/C27H31BrN2O4/c1-5-16-34-22-13-10-20(17-18(22)4)25(31)23-24(19-8-11-21(28)12-9-19)30(27(33)26(23)32)15-14-29(6-2)7-3/h5,8-13,17,24,31H,1,6-7,14-16H2,2-4H3/b25-23+. The van der Waals surface area contributed by atoms with Crippen molar-refractivity contribution in [3.63, 3.8) is 0 Å². The van der Waals surface area contributed by atoms with Gasteiger partial charge in [-0.15, -0.1) is 0 Å². The van der Waals surface area contributed by atoms with E-state index in [0.717, 1.165) is 28.7 Å². The smallest absolute Gasteiger partial charge is 0.295 e. The van der Waals surface area contributed by atoms with Crippen LogP contribution in [0.3, 0.4) is 0 Å². The number of aliphatic hydroxyl groups excluding tert-OH is 1. The van der Waals surface area contributed by atoms with Gasteiger partial charge in [0.05, 0.1) is 11.6 Å². The second-order valence-electron chi connectivity index (χ2n) is 8.15. The predicted octanol–water partition coefficient (Wildman–Crippen LogP) is 5.09. The van der Waals surface area contributed by atoms with Crippen molar-refractivity contribution in [3.8, 4) is 5.75 Å². The van der Waals surface area contributed by atoms with Crippen molar-refractivity contribution in [2.75, 3.05) is 32.8 Å². The second kappa shape index (κ2) is 11.5. The summed E-state index contributed by atoms with van der Waals surface area (Å²) in [5.41, 5.74) is 2.14. The first-order chi connectivity index (χ1) is 16.3. The number of nitrogens with zero attached hydrogens (tertiary/aromatic N) is 2. The summed E-state index contributed by atoms with van der Waals surface area (Å²) in [4.78, 5) is 30.1. The Balaban J connectivity index is 2.07. The number of ether oxygens (including phenoxy) is 1. The van der Waals surface area contributed by atoms with E-state index < -0.39 is 17.7 Å². The molecule has 0 radical (unpaired) electrons. The molecule has 7 heteroatoms. The van der Waals surface area contributed by atoms with Crippen molar-refractivity contribution in [1.29, 1.82) is 0 Å². The lowest BCUT2D eigenvalue weighted by atomic mass is 9.95. The molecule has 1 aliphatic heterocycles. The number of Topliss-reactive ketones (excluding diaryl/α,β-unsaturated/α-hetero) is 1. The average Bonchev–Trinajstić information content (AvgIpc) is 3.09. The van der Waals surface area contributed by atoms with Gasteiger partial charge in [-0.1, -0.05) is 54.6 Å². The molecule has 1 N–H and O–H groups in total. The lowest BCUT2D eigenvalue weighted by molar-refractivity contribution is -0.140. The minimum atomic E-state index is -0.672. The molecule has 180 valence electrons. The van der Waals surface area contributed by atoms with Crippen LogP contribution in [0.15, 0.2) is 65.2 Å². The van der Waals surface area contributed by atoms with E-state index in [0.29, 0.717) is 31.0 Å². The number of aryl methyl sites for hydroxylation is 1. The molecule has 0 bridgehead atoms. The normalized spacial score (nSPS) is 17.4. The molecule has 0 spiro atoms. The van der Waals surface area contributed by atoms with Crippen molar-refractivity contribution < 1.29 is 19.4 Å². The van der Waals surface area contributed by atoms with E-state index in [4.69, 9.17) is 4.74 Å². The maximum absolute atomic E-state index is 13.2. The minimum absolute atomic E-state index is 0.103. The Morgan fingerprint density at radius 2 is 1.85 bits per heavy atom. The fourth-order valence-electron chi connectivity index (χ4n) is 4.15. The van der Waals surface area contributed by atoms with Gasteiger partial charge in [0.1, 0.15) is 18.1 Å². The number of rotatable bonds is 10. The van der Waals surface area contributed by atoms with Gasteiger partial charge in [-0.2, -0.15) is 0 Å². The van der Waals surface area contributed by atoms with Gasteiger partial charge in [0.2, 0.25) is 0 Å². The highest BCUT2D eigenvalue weighted by molar-refractivity contribution is 9.10. The summed E-state index contributed by atoms with van der Waals surface area (Å²) in [5.74, 6) is -0.783. The Labute approximate surface area is 209 Å². The highest BCUT2D eigenvalue weighted by Crippen LogP contribution is 2.40. The van der Waals surface area contributed by atoms with E-state index in [2.05, 4.69) is 41.3 Å². The summed E-state index contributed by atoms with van der Waals surface area (Å²) in [6.45, 7) is 12.7. The molecule has 0 aromatic heterocycles. The molecule has 1 amide bonds. The van der Waals surface area contributed by atoms with Crippen LogP contribution >= 0.6 is 15.9 Å². The fourth-order valence-corrected chi connectivity index (χ4v) is 4.42. The zero-order valence-electron chi connectivity index (χ0n) is 19.9. The fraction of sp³-hybridized carbons (Fsp3) is 0.333. The van der Waals surface area contributed by atoms with Crippen LogP contribution in [-0.4, -0.2) is 59.4 Å². The summed E-state index contributed by atoms with van der Waals surface area (Å²) >= 11 is 3.44. The lowest BCUT2D eigenvalue weighted by Crippen LogP contribution is -2.38. The zero-order chi connectivity index (χ0) is 24.8. The summed E-state index contributed by atoms with van der Waals surface area (Å²) in [6.07, 6.45) is 1.66. The van der Waals surface area contributed by atoms with E-state index in [1.165, 1.54) is 0 Å². The SMILES string of the molecule is C=CCOc1ccc(/C(O)=C2\C(=O)C(=O)N(CCN(CC)CC)C2c2ccc(Br)cc2)cc1C. The second-order valence-corrected chi connectivity index (χ2v) is 9.07. The lowest BCUT2D eigenvalue weighted by Gasteiger charge is -2.28. The molecule has 6 nitrogen and oxygen atoms in total. The van der Waals surface area contributed by atoms with Crippen molar-refractivity contribution >= 4 is 33.4 Å². The van der Waals surface area contributed by atoms with Crippen LogP contribution < -0.4 is 4.74 Å². The van der Waals surface area contributed by atoms with E-state index in [1.807, 2.05) is 31.2 Å². The number of hydrogen-bond donors (Lipinski definition) is 1. The third-order valence-corrected chi connectivity index (χ3v) is 6.61. The van der Waals surface area contributed by atoms with E-state index in [-0.39, 0.29) is 11.3 Å². The van der Waals surface area contributed by atoms with Crippen LogP contribution in [-0.2, 0) is 9.59 Å². The number of carbonyl (C=O) groups excluding carboxylic acids is 2. The molecule has 1 fully saturated rings. The minimum Gasteiger partial charge on any atom is -0.507 e. The van der Waals surface area contributed by atoms with Crippen LogP contribution in [0.4, 0.5) is 0 Å². The highest BCUT2D eigenvalue weighted by Gasteiger charge is 2.46. The van der Waals surface area contributed by atoms with Gasteiger partial charge in [-0.3, -0.25) is 9.59 Å². The van der Waals surface area contributed by atoms with Crippen LogP contribution in [0, 0.1) is 6.92 Å². The summed E-state index contributed by atoms with van der Waals surface area (Å²) in [7, 11) is 0. The van der Waals surface area contributed by atoms with Crippen molar-refractivity contribution in [3.05, 3.63) is 81.9 Å². The molecule has 0 saturated carbocycles. The maximum Gasteiger partial charge on any atom is 0.295 e. The van der Waals surface area contributed by atoms with Crippen molar-refractivity contribution in [1.82, 2.24) is 9.80 Å². The molecule has 34 heavy (non-hydrogen) atoms. The largest absolute Gasteiger partial charge is 0.507 e. The van der Waals surface area contributed by atoms with Gasteiger partial charge in [0.25, 0.3) is 11.7 Å². The Morgan fingerprint density at radius 1 is 1.18 bits per heavy atom. The molecule has 2 aromatic carbocycles. The molecule has 1 aliphatic rings. The molecule has 1 saturated heterocycles. The number of carbonyl (C=O) groups is 2. The number of likely N-dealkylation sites (tertiary alicyclic amines) is 1. The quantitative estimate of drug-likeness (QED) is 0.202. The van der Waals surface area contributed by atoms with Crippen LogP contribution in [0.2, 0.25) is 0 Å². The van der Waals surface area contributed by atoms with Gasteiger partial charge in [0.15, 0.2) is 0 Å². The molecular formula is C27H31BrN2O4. The number of hydrogen-bond acceptors (Lipinski definition) is 5. The van der Waals surface area contributed by atoms with Gasteiger partial charge in [-0.25, -0.2) is 0 Å². The van der Waals surface area contributed by atoms with Crippen LogP contribution in [0.25, 0.3) is 5.76 Å². The number of likely N-dealkylation sites (N-methyl/N-ethyl adjacent to an activating group) is 1. The average molecular weight is 527 g/mol. The number of ketones is 1. The topological polar surface area (TPSA) is 70.1 Å². The van der Waals surface area contributed by atoms with Gasteiger partial charge < -0.3 is 19.6 Å². The van der Waals surface area contributed by atoms with E-state index in [9.17, 15) is 14.7 Å². The molecule has 1 unspecified atom stereocenters. The van der Waals surface area contributed by atoms with Gasteiger partial charge in [0, 0.05) is 23.1 Å². The monoisotopic (exact) mass is 526 g/mol. The Bertz CT molecular complexity index is 1090.